The van der Waals surface area contributed by atoms with Crippen molar-refractivity contribution in [3.63, 3.8) is 0 Å². The number of amides is 2. The molecule has 1 saturated carbocycles. The van der Waals surface area contributed by atoms with Crippen molar-refractivity contribution >= 4 is 23.2 Å². The van der Waals surface area contributed by atoms with Crippen LogP contribution in [0, 0.1) is 5.92 Å². The normalized spacial score (nSPS) is 25.1. The first-order valence-electron chi connectivity index (χ1n) is 6.11. The summed E-state index contributed by atoms with van der Waals surface area (Å²) in [5, 5.41) is 5.64. The molecule has 4 N–H and O–H groups in total. The lowest BCUT2D eigenvalue weighted by Gasteiger charge is -2.31. The van der Waals surface area contributed by atoms with Gasteiger partial charge in [0.1, 0.15) is 0 Å². The lowest BCUT2D eigenvalue weighted by atomic mass is 9.80. The van der Waals surface area contributed by atoms with Crippen LogP contribution >= 0.6 is 0 Å². The van der Waals surface area contributed by atoms with Gasteiger partial charge in [-0.1, -0.05) is 0 Å². The molecular weight excluding hydrogens is 230 g/mol. The first kappa shape index (κ1) is 11.2. The molecule has 0 saturated heterocycles. The fourth-order valence-corrected chi connectivity index (χ4v) is 2.43. The van der Waals surface area contributed by atoms with Gasteiger partial charge in [0.2, 0.25) is 11.8 Å². The van der Waals surface area contributed by atoms with Gasteiger partial charge in [-0.15, -0.1) is 0 Å². The Morgan fingerprint density at radius 1 is 1.39 bits per heavy atom. The number of rotatable bonds is 2. The second kappa shape index (κ2) is 4.10. The Labute approximate surface area is 105 Å². The first-order valence-corrected chi connectivity index (χ1v) is 6.11. The molecule has 0 unspecified atom stereocenters. The molecule has 0 bridgehead atoms. The number of hydrogen-bond acceptors (Lipinski definition) is 3. The van der Waals surface area contributed by atoms with Gasteiger partial charge in [0, 0.05) is 23.3 Å². The van der Waals surface area contributed by atoms with Gasteiger partial charge in [0.15, 0.2) is 0 Å². The Morgan fingerprint density at radius 2 is 2.17 bits per heavy atom. The van der Waals surface area contributed by atoms with Crippen LogP contribution in [-0.2, 0) is 16.0 Å². The molecule has 1 aliphatic carbocycles. The Balaban J connectivity index is 1.69. The molecule has 2 amide bonds. The van der Waals surface area contributed by atoms with Crippen molar-refractivity contribution in [3.8, 4) is 0 Å². The maximum Gasteiger partial charge on any atom is 0.228 e. The summed E-state index contributed by atoms with van der Waals surface area (Å²) >= 11 is 0. The van der Waals surface area contributed by atoms with E-state index in [-0.39, 0.29) is 23.8 Å². The molecule has 3 rings (SSSR count). The number of anilines is 2. The highest BCUT2D eigenvalue weighted by molar-refractivity contribution is 6.00. The van der Waals surface area contributed by atoms with Gasteiger partial charge in [-0.05, 0) is 36.6 Å². The largest absolute Gasteiger partial charge is 0.328 e. The van der Waals surface area contributed by atoms with E-state index in [1.54, 1.807) is 6.07 Å². The van der Waals surface area contributed by atoms with Crippen molar-refractivity contribution in [1.29, 1.82) is 0 Å². The minimum absolute atomic E-state index is 0.00144. The quantitative estimate of drug-likeness (QED) is 0.722. The Hall–Kier alpha value is -1.88. The van der Waals surface area contributed by atoms with Crippen molar-refractivity contribution in [3.05, 3.63) is 23.8 Å². The molecule has 1 aromatic carbocycles. The molecule has 0 radical (unpaired) electrons. The van der Waals surface area contributed by atoms with Crippen LogP contribution in [0.2, 0.25) is 0 Å². The van der Waals surface area contributed by atoms with E-state index < -0.39 is 0 Å². The second-order valence-electron chi connectivity index (χ2n) is 5.01. The van der Waals surface area contributed by atoms with Gasteiger partial charge in [-0.2, -0.15) is 0 Å². The van der Waals surface area contributed by atoms with E-state index in [0.717, 1.165) is 29.8 Å². The maximum absolute atomic E-state index is 11.9. The molecule has 1 aliphatic heterocycles. The summed E-state index contributed by atoms with van der Waals surface area (Å²) in [7, 11) is 0. The van der Waals surface area contributed by atoms with Gasteiger partial charge < -0.3 is 16.4 Å². The van der Waals surface area contributed by atoms with Crippen LogP contribution in [0.5, 0.6) is 0 Å². The third-order valence-corrected chi connectivity index (χ3v) is 3.54. The fraction of sp³-hybridized carbons (Fsp3) is 0.385. The highest BCUT2D eigenvalue weighted by Crippen LogP contribution is 2.29. The van der Waals surface area contributed by atoms with Gasteiger partial charge in [0.25, 0.3) is 0 Å². The molecule has 0 aromatic heterocycles. The molecule has 0 spiro atoms. The van der Waals surface area contributed by atoms with Crippen molar-refractivity contribution in [2.75, 3.05) is 10.6 Å². The topological polar surface area (TPSA) is 84.2 Å². The third-order valence-electron chi connectivity index (χ3n) is 3.54. The monoisotopic (exact) mass is 245 g/mol. The van der Waals surface area contributed by atoms with E-state index in [2.05, 4.69) is 10.6 Å². The predicted molar refractivity (Wildman–Crippen MR) is 68.1 cm³/mol. The zero-order chi connectivity index (χ0) is 12.7. The Morgan fingerprint density at radius 3 is 2.89 bits per heavy atom. The van der Waals surface area contributed by atoms with Crippen molar-refractivity contribution in [2.45, 2.75) is 25.3 Å². The minimum atomic E-state index is -0.00144. The van der Waals surface area contributed by atoms with Crippen molar-refractivity contribution < 1.29 is 9.59 Å². The van der Waals surface area contributed by atoms with Crippen LogP contribution in [-0.4, -0.2) is 17.9 Å². The van der Waals surface area contributed by atoms with E-state index >= 15 is 0 Å². The number of carbonyl (C=O) groups is 2. The molecule has 18 heavy (non-hydrogen) atoms. The summed E-state index contributed by atoms with van der Waals surface area (Å²) in [4.78, 5) is 23.1. The summed E-state index contributed by atoms with van der Waals surface area (Å²) in [6.45, 7) is 0. The van der Waals surface area contributed by atoms with Gasteiger partial charge in [-0.3, -0.25) is 9.59 Å². The highest BCUT2D eigenvalue weighted by atomic mass is 16.2. The standard InChI is InChI=1S/C13H15N3O2/c14-9-3-8(4-9)13(18)15-10-1-2-11-7(5-10)6-12(17)16-11/h1-2,5,8-9H,3-4,6,14H2,(H,15,18)(H,16,17). The first-order chi connectivity index (χ1) is 8.61. The van der Waals surface area contributed by atoms with Crippen molar-refractivity contribution in [1.82, 2.24) is 0 Å². The van der Waals surface area contributed by atoms with E-state index in [0.29, 0.717) is 6.42 Å². The maximum atomic E-state index is 11.9. The van der Waals surface area contributed by atoms with E-state index in [1.807, 2.05) is 12.1 Å². The third kappa shape index (κ3) is 1.97. The van der Waals surface area contributed by atoms with E-state index in [1.165, 1.54) is 0 Å². The van der Waals surface area contributed by atoms with Crippen LogP contribution in [0.4, 0.5) is 11.4 Å². The molecule has 94 valence electrons. The predicted octanol–water partition coefficient (Wildman–Crippen LogP) is 0.857. The zero-order valence-electron chi connectivity index (χ0n) is 9.90. The van der Waals surface area contributed by atoms with Crippen molar-refractivity contribution in [2.24, 2.45) is 11.7 Å². The van der Waals surface area contributed by atoms with Gasteiger partial charge >= 0.3 is 0 Å². The summed E-state index contributed by atoms with van der Waals surface area (Å²) in [6.07, 6.45) is 1.90. The van der Waals surface area contributed by atoms with Crippen LogP contribution in [0.15, 0.2) is 18.2 Å². The minimum Gasteiger partial charge on any atom is -0.328 e. The number of benzene rings is 1. The lowest BCUT2D eigenvalue weighted by molar-refractivity contribution is -0.122. The number of carbonyl (C=O) groups excluding carboxylic acids is 2. The van der Waals surface area contributed by atoms with Crippen LogP contribution in [0.3, 0.4) is 0 Å². The summed E-state index contributed by atoms with van der Waals surface area (Å²) in [5.41, 5.74) is 8.18. The Bertz CT molecular complexity index is 521. The molecule has 5 heteroatoms. The highest BCUT2D eigenvalue weighted by Gasteiger charge is 2.32. The Kier molecular flexibility index (Phi) is 2.56. The SMILES string of the molecule is NC1CC(C(=O)Nc2ccc3c(c2)CC(=O)N3)C1. The van der Waals surface area contributed by atoms with Gasteiger partial charge in [-0.25, -0.2) is 0 Å². The number of nitrogens with one attached hydrogen (secondary N) is 2. The molecule has 1 fully saturated rings. The number of hydrogen-bond donors (Lipinski definition) is 3. The molecule has 1 heterocycles. The summed E-state index contributed by atoms with van der Waals surface area (Å²) in [6, 6.07) is 5.65. The smallest absolute Gasteiger partial charge is 0.228 e. The van der Waals surface area contributed by atoms with Crippen LogP contribution in [0.1, 0.15) is 18.4 Å². The average Bonchev–Trinajstić information content (AvgIpc) is 2.64. The molecule has 0 atom stereocenters. The molecular formula is C13H15N3O2. The van der Waals surface area contributed by atoms with Crippen LogP contribution in [0.25, 0.3) is 0 Å². The van der Waals surface area contributed by atoms with Gasteiger partial charge in [0.05, 0.1) is 6.42 Å². The number of fused-ring (bicyclic) bond motifs is 1. The average molecular weight is 245 g/mol. The molecule has 2 aliphatic rings. The van der Waals surface area contributed by atoms with E-state index in [4.69, 9.17) is 5.73 Å². The molecule has 1 aromatic rings. The van der Waals surface area contributed by atoms with E-state index in [9.17, 15) is 9.59 Å². The van der Waals surface area contributed by atoms with Crippen LogP contribution < -0.4 is 16.4 Å². The second-order valence-corrected chi connectivity index (χ2v) is 5.01. The lowest BCUT2D eigenvalue weighted by Crippen LogP contribution is -2.42. The number of nitrogens with two attached hydrogens (primary N) is 1. The summed E-state index contributed by atoms with van der Waals surface area (Å²) in [5.74, 6) is 0.0559. The summed E-state index contributed by atoms with van der Waals surface area (Å²) < 4.78 is 0. The zero-order valence-corrected chi connectivity index (χ0v) is 9.90. The molecule has 5 nitrogen and oxygen atoms in total. The fourth-order valence-electron chi connectivity index (χ4n) is 2.43.